The van der Waals surface area contributed by atoms with Gasteiger partial charge in [-0.15, -0.1) is 10.2 Å². The molecule has 3 heterocycles. The fraction of sp³-hybridized carbons (Fsp3) is 0.391. The summed E-state index contributed by atoms with van der Waals surface area (Å²) in [6, 6.07) is 6.79. The molecule has 1 aromatic carbocycles. The smallest absolute Gasteiger partial charge is 0.265 e. The zero-order valence-electron chi connectivity index (χ0n) is 19.3. The highest BCUT2D eigenvalue weighted by Gasteiger charge is 2.30. The molecular weight excluding hydrogens is 468 g/mol. The minimum atomic E-state index is -0.322. The van der Waals surface area contributed by atoms with Crippen molar-refractivity contribution in [2.75, 3.05) is 50.2 Å². The Morgan fingerprint density at radius 3 is 2.57 bits per heavy atom. The van der Waals surface area contributed by atoms with Crippen LogP contribution in [0.15, 0.2) is 42.9 Å². The van der Waals surface area contributed by atoms with E-state index in [1.165, 1.54) is 16.4 Å². The lowest BCUT2D eigenvalue weighted by molar-refractivity contribution is -0.128. The second-order valence-corrected chi connectivity index (χ2v) is 9.55. The van der Waals surface area contributed by atoms with Gasteiger partial charge in [-0.2, -0.15) is 5.06 Å². The number of likely N-dealkylation sites (N-methyl/N-ethyl adjacent to an activating group) is 1. The molecule has 0 atom stereocenters. The summed E-state index contributed by atoms with van der Waals surface area (Å²) in [5, 5.41) is 13.1. The molecule has 2 amide bonds. The number of hydroxylamine groups is 1. The Balaban J connectivity index is 1.23. The van der Waals surface area contributed by atoms with Crippen LogP contribution in [-0.4, -0.2) is 87.7 Å². The van der Waals surface area contributed by atoms with Gasteiger partial charge in [-0.25, -0.2) is 0 Å². The summed E-state index contributed by atoms with van der Waals surface area (Å²) in [6.45, 7) is 3.88. The zero-order valence-corrected chi connectivity index (χ0v) is 20.1. The van der Waals surface area contributed by atoms with Crippen LogP contribution in [0.3, 0.4) is 0 Å². The SMILES string of the molecule is CN1CCN(CC(=O)N(OC2CC2)c2ccc(C(=O)Nc3nnc(-c4cnccn4)s3)cc2)CC1. The van der Waals surface area contributed by atoms with Gasteiger partial charge < -0.3 is 4.90 Å². The van der Waals surface area contributed by atoms with Gasteiger partial charge in [0.2, 0.25) is 5.13 Å². The van der Waals surface area contributed by atoms with E-state index in [9.17, 15) is 9.59 Å². The van der Waals surface area contributed by atoms with Crippen molar-refractivity contribution in [1.29, 1.82) is 0 Å². The maximum atomic E-state index is 13.1. The number of anilines is 2. The van der Waals surface area contributed by atoms with Crippen LogP contribution in [0.1, 0.15) is 23.2 Å². The Labute approximate surface area is 206 Å². The molecule has 1 aliphatic carbocycles. The summed E-state index contributed by atoms with van der Waals surface area (Å²) in [5.41, 5.74) is 1.63. The molecule has 3 aromatic rings. The molecule has 35 heavy (non-hydrogen) atoms. The molecule has 0 bridgehead atoms. The summed E-state index contributed by atoms with van der Waals surface area (Å²) in [6.07, 6.45) is 6.69. The standard InChI is InChI=1S/C23H26N8O3S/c1-29-10-12-30(13-11-29)15-20(32)31(34-18-6-7-18)17-4-2-16(3-5-17)21(33)26-23-28-27-22(35-23)19-14-24-8-9-25-19/h2-5,8-9,14,18H,6-7,10-13,15H2,1H3,(H,26,28,33). The summed E-state index contributed by atoms with van der Waals surface area (Å²) < 4.78 is 0. The average Bonchev–Trinajstić information content (AvgIpc) is 3.59. The topological polar surface area (TPSA) is 117 Å². The van der Waals surface area contributed by atoms with Gasteiger partial charge >= 0.3 is 0 Å². The normalized spacial score (nSPS) is 16.7. The fourth-order valence-corrected chi connectivity index (χ4v) is 4.25. The highest BCUT2D eigenvalue weighted by Crippen LogP contribution is 2.28. The maximum Gasteiger partial charge on any atom is 0.265 e. The third-order valence-corrected chi connectivity index (χ3v) is 6.61. The lowest BCUT2D eigenvalue weighted by Crippen LogP contribution is -2.49. The highest BCUT2D eigenvalue weighted by molar-refractivity contribution is 7.18. The molecule has 0 unspecified atom stereocenters. The van der Waals surface area contributed by atoms with Crippen LogP contribution in [0.25, 0.3) is 10.7 Å². The van der Waals surface area contributed by atoms with Gasteiger partial charge in [-0.05, 0) is 44.2 Å². The Kier molecular flexibility index (Phi) is 7.04. The number of carbonyl (C=O) groups excluding carboxylic acids is 2. The van der Waals surface area contributed by atoms with E-state index in [2.05, 4.69) is 42.3 Å². The number of rotatable bonds is 8. The van der Waals surface area contributed by atoms with E-state index in [1.54, 1.807) is 42.9 Å². The van der Waals surface area contributed by atoms with E-state index in [0.29, 0.717) is 33.6 Å². The van der Waals surface area contributed by atoms with Crippen LogP contribution >= 0.6 is 11.3 Å². The van der Waals surface area contributed by atoms with E-state index in [1.807, 2.05) is 0 Å². The van der Waals surface area contributed by atoms with Gasteiger partial charge in [-0.1, -0.05) is 11.3 Å². The minimum Gasteiger partial charge on any atom is -0.304 e. The summed E-state index contributed by atoms with van der Waals surface area (Å²) in [5.74, 6) is -0.430. The summed E-state index contributed by atoms with van der Waals surface area (Å²) >= 11 is 1.21. The van der Waals surface area contributed by atoms with E-state index >= 15 is 0 Å². The van der Waals surface area contributed by atoms with Crippen LogP contribution in [0.4, 0.5) is 10.8 Å². The summed E-state index contributed by atoms with van der Waals surface area (Å²) in [4.78, 5) is 44.3. The zero-order chi connectivity index (χ0) is 24.2. The molecule has 0 radical (unpaired) electrons. The van der Waals surface area contributed by atoms with Gasteiger partial charge in [-0.3, -0.25) is 34.6 Å². The number of piperazine rings is 1. The number of nitrogens with one attached hydrogen (secondary N) is 1. The monoisotopic (exact) mass is 494 g/mol. The number of carbonyl (C=O) groups is 2. The lowest BCUT2D eigenvalue weighted by Gasteiger charge is -2.33. The van der Waals surface area contributed by atoms with Crippen molar-refractivity contribution >= 4 is 34.0 Å². The number of hydrogen-bond donors (Lipinski definition) is 1. The van der Waals surface area contributed by atoms with Gasteiger partial charge in [0.1, 0.15) is 5.69 Å². The van der Waals surface area contributed by atoms with Crippen molar-refractivity contribution in [3.8, 4) is 10.7 Å². The first-order valence-corrected chi connectivity index (χ1v) is 12.3. The van der Waals surface area contributed by atoms with Crippen molar-refractivity contribution in [3.05, 3.63) is 48.4 Å². The molecule has 2 fully saturated rings. The predicted octanol–water partition coefficient (Wildman–Crippen LogP) is 1.92. The predicted molar refractivity (Wildman–Crippen MR) is 131 cm³/mol. The van der Waals surface area contributed by atoms with Crippen molar-refractivity contribution in [3.63, 3.8) is 0 Å². The number of nitrogens with zero attached hydrogens (tertiary/aromatic N) is 7. The average molecular weight is 495 g/mol. The molecule has 11 nitrogen and oxygen atoms in total. The molecule has 12 heteroatoms. The molecule has 1 saturated heterocycles. The number of aromatic nitrogens is 4. The Morgan fingerprint density at radius 2 is 1.89 bits per heavy atom. The molecule has 2 aromatic heterocycles. The third kappa shape index (κ3) is 6.03. The van der Waals surface area contributed by atoms with E-state index in [4.69, 9.17) is 4.84 Å². The Morgan fingerprint density at radius 1 is 1.11 bits per heavy atom. The second-order valence-electron chi connectivity index (χ2n) is 8.58. The lowest BCUT2D eigenvalue weighted by atomic mass is 10.2. The number of amides is 2. The molecule has 1 N–H and O–H groups in total. The van der Waals surface area contributed by atoms with Crippen LogP contribution in [0.2, 0.25) is 0 Å². The molecule has 1 saturated carbocycles. The Hall–Kier alpha value is -3.32. The van der Waals surface area contributed by atoms with Gasteiger partial charge in [0.05, 0.1) is 24.5 Å². The van der Waals surface area contributed by atoms with Crippen LogP contribution in [0.5, 0.6) is 0 Å². The van der Waals surface area contributed by atoms with Crippen molar-refractivity contribution in [1.82, 2.24) is 30.0 Å². The first-order valence-electron chi connectivity index (χ1n) is 11.5. The van der Waals surface area contributed by atoms with E-state index in [0.717, 1.165) is 39.0 Å². The van der Waals surface area contributed by atoms with Gasteiger partial charge in [0, 0.05) is 44.1 Å². The molecule has 1 aliphatic heterocycles. The molecule has 0 spiro atoms. The summed E-state index contributed by atoms with van der Waals surface area (Å²) in [7, 11) is 2.08. The molecule has 182 valence electrons. The van der Waals surface area contributed by atoms with Crippen molar-refractivity contribution in [2.45, 2.75) is 18.9 Å². The fourth-order valence-electron chi connectivity index (χ4n) is 3.55. The molecule has 5 rings (SSSR count). The molecule has 2 aliphatic rings. The van der Waals surface area contributed by atoms with Crippen molar-refractivity contribution in [2.24, 2.45) is 0 Å². The quantitative estimate of drug-likeness (QED) is 0.469. The van der Waals surface area contributed by atoms with Crippen LogP contribution in [0, 0.1) is 0 Å². The number of hydrogen-bond acceptors (Lipinski definition) is 10. The minimum absolute atomic E-state index is 0.0651. The first-order chi connectivity index (χ1) is 17.0. The highest BCUT2D eigenvalue weighted by atomic mass is 32.1. The Bertz CT molecular complexity index is 1160. The second kappa shape index (κ2) is 10.5. The van der Waals surface area contributed by atoms with Crippen molar-refractivity contribution < 1.29 is 14.4 Å². The third-order valence-electron chi connectivity index (χ3n) is 5.75. The molecular formula is C23H26N8O3S. The van der Waals surface area contributed by atoms with Crippen LogP contribution < -0.4 is 10.4 Å². The number of benzene rings is 1. The van der Waals surface area contributed by atoms with Crippen LogP contribution in [-0.2, 0) is 9.63 Å². The largest absolute Gasteiger partial charge is 0.304 e. The van der Waals surface area contributed by atoms with E-state index < -0.39 is 0 Å². The maximum absolute atomic E-state index is 13.1. The first kappa shape index (κ1) is 23.4. The van der Waals surface area contributed by atoms with E-state index in [-0.39, 0.29) is 17.9 Å². The van der Waals surface area contributed by atoms with Gasteiger partial charge in [0.25, 0.3) is 11.8 Å². The van der Waals surface area contributed by atoms with Gasteiger partial charge in [0.15, 0.2) is 5.01 Å².